The van der Waals surface area contributed by atoms with E-state index in [1.165, 1.54) is 6.92 Å². The maximum absolute atomic E-state index is 13.1. The van der Waals surface area contributed by atoms with Gasteiger partial charge in [-0.3, -0.25) is 9.59 Å². The van der Waals surface area contributed by atoms with Crippen molar-refractivity contribution in [3.8, 4) is 11.5 Å². The first-order valence-corrected chi connectivity index (χ1v) is 14.9. The summed E-state index contributed by atoms with van der Waals surface area (Å²) in [5, 5.41) is 25.6. The Bertz CT molecular complexity index is 1470. The van der Waals surface area contributed by atoms with Gasteiger partial charge in [-0.2, -0.15) is 0 Å². The first kappa shape index (κ1) is 29.2. The minimum atomic E-state index is -1.20. The highest BCUT2D eigenvalue weighted by molar-refractivity contribution is 5.81. The minimum absolute atomic E-state index is 0.0169. The fraction of sp³-hybridized carbons (Fsp3) is 0.485. The van der Waals surface area contributed by atoms with E-state index in [0.29, 0.717) is 31.6 Å². The van der Waals surface area contributed by atoms with E-state index in [1.54, 1.807) is 12.1 Å². The number of ether oxygens (including phenoxy) is 3. The number of piperidine rings is 1. The molecule has 2 heterocycles. The number of benzene rings is 2. The van der Waals surface area contributed by atoms with Crippen LogP contribution in [0.2, 0.25) is 0 Å². The van der Waals surface area contributed by atoms with Gasteiger partial charge in [-0.05, 0) is 63.0 Å². The molecule has 1 saturated heterocycles. The van der Waals surface area contributed by atoms with Gasteiger partial charge in [0.15, 0.2) is 23.7 Å². The van der Waals surface area contributed by atoms with Gasteiger partial charge in [0.05, 0.1) is 17.4 Å². The van der Waals surface area contributed by atoms with E-state index < -0.39 is 35.2 Å². The van der Waals surface area contributed by atoms with Crippen LogP contribution >= 0.6 is 0 Å². The third-order valence-corrected chi connectivity index (χ3v) is 9.67. The molecule has 1 spiro atoms. The number of hydrogen-bond acceptors (Lipinski definition) is 9. The smallest absolute Gasteiger partial charge is 0.352 e. The van der Waals surface area contributed by atoms with Crippen LogP contribution in [-0.2, 0) is 42.1 Å². The van der Waals surface area contributed by atoms with E-state index in [9.17, 15) is 24.6 Å². The Morgan fingerprint density at radius 2 is 1.93 bits per heavy atom. The van der Waals surface area contributed by atoms with Crippen LogP contribution in [0.5, 0.6) is 11.5 Å². The molecule has 6 rings (SSSR count). The second kappa shape index (κ2) is 11.0. The molecule has 3 N–H and O–H groups in total. The number of nitrogens with zero attached hydrogens (tertiary/aromatic N) is 1. The molecular weight excluding hydrogens is 552 g/mol. The lowest BCUT2D eigenvalue weighted by atomic mass is 9.50. The molecule has 0 saturated carbocycles. The number of carbonyl (C=O) groups excluding carboxylic acids is 3. The first-order valence-electron chi connectivity index (χ1n) is 14.9. The molecule has 2 aliphatic heterocycles. The molecule has 2 aliphatic carbocycles. The lowest BCUT2D eigenvalue weighted by Crippen LogP contribution is -2.74. The number of likely N-dealkylation sites (tertiary alicyclic amines) is 1. The average molecular weight is 591 g/mol. The normalized spacial score (nSPS) is 28.0. The first-order chi connectivity index (χ1) is 20.5. The number of amides is 1. The quantitative estimate of drug-likeness (QED) is 0.377. The van der Waals surface area contributed by atoms with Crippen molar-refractivity contribution in [1.82, 2.24) is 10.2 Å². The van der Waals surface area contributed by atoms with Gasteiger partial charge in [-0.25, -0.2) is 4.79 Å². The highest BCUT2D eigenvalue weighted by Crippen LogP contribution is 2.65. The molecule has 228 valence electrons. The monoisotopic (exact) mass is 590 g/mol. The number of phenols is 1. The lowest BCUT2D eigenvalue weighted by molar-refractivity contribution is -0.175. The van der Waals surface area contributed by atoms with E-state index >= 15 is 0 Å². The highest BCUT2D eigenvalue weighted by Gasteiger charge is 2.72. The van der Waals surface area contributed by atoms with Crippen molar-refractivity contribution in [2.75, 3.05) is 20.1 Å². The largest absolute Gasteiger partial charge is 0.504 e. The Morgan fingerprint density at radius 1 is 1.16 bits per heavy atom. The summed E-state index contributed by atoms with van der Waals surface area (Å²) in [6, 6.07) is 13.0. The molecule has 0 unspecified atom stereocenters. The van der Waals surface area contributed by atoms with E-state index in [1.807, 2.05) is 50.4 Å². The minimum Gasteiger partial charge on any atom is -0.504 e. The van der Waals surface area contributed by atoms with Gasteiger partial charge in [0.1, 0.15) is 5.76 Å². The summed E-state index contributed by atoms with van der Waals surface area (Å²) in [7, 11) is 2.00. The maximum Gasteiger partial charge on any atom is 0.352 e. The molecule has 43 heavy (non-hydrogen) atoms. The van der Waals surface area contributed by atoms with E-state index in [4.69, 9.17) is 14.2 Å². The van der Waals surface area contributed by atoms with E-state index in [-0.39, 0.29) is 48.8 Å². The van der Waals surface area contributed by atoms with Crippen molar-refractivity contribution in [3.05, 3.63) is 71.0 Å². The van der Waals surface area contributed by atoms with Crippen molar-refractivity contribution in [3.63, 3.8) is 0 Å². The van der Waals surface area contributed by atoms with Gasteiger partial charge in [-0.1, -0.05) is 43.3 Å². The number of nitrogens with one attached hydrogen (secondary N) is 1. The van der Waals surface area contributed by atoms with E-state index in [0.717, 1.165) is 16.7 Å². The van der Waals surface area contributed by atoms with Crippen LogP contribution in [0.25, 0.3) is 0 Å². The van der Waals surface area contributed by atoms with Crippen LogP contribution in [0.15, 0.2) is 54.3 Å². The van der Waals surface area contributed by atoms with E-state index in [2.05, 4.69) is 10.2 Å². The summed E-state index contributed by atoms with van der Waals surface area (Å²) in [6.07, 6.45) is 1.57. The number of likely N-dealkylation sites (N-methyl/N-ethyl adjacent to an activating group) is 1. The predicted octanol–water partition coefficient (Wildman–Crippen LogP) is 2.53. The zero-order valence-corrected chi connectivity index (χ0v) is 24.7. The Labute approximate surface area is 250 Å². The molecule has 2 bridgehead atoms. The maximum atomic E-state index is 13.1. The second-order valence-electron chi connectivity index (χ2n) is 12.3. The second-order valence-corrected chi connectivity index (χ2v) is 12.3. The summed E-state index contributed by atoms with van der Waals surface area (Å²) in [5.74, 6) is -1.30. The Morgan fingerprint density at radius 3 is 2.70 bits per heavy atom. The lowest BCUT2D eigenvalue weighted by Gasteiger charge is -2.61. The average Bonchev–Trinajstić information content (AvgIpc) is 3.34. The van der Waals surface area contributed by atoms with Gasteiger partial charge in [0.2, 0.25) is 5.91 Å². The number of phenolic OH excluding ortho intramolecular Hbond substituents is 1. The highest BCUT2D eigenvalue weighted by atomic mass is 16.6. The van der Waals surface area contributed by atoms with Crippen molar-refractivity contribution in [2.45, 2.75) is 75.2 Å². The van der Waals surface area contributed by atoms with Gasteiger partial charge in [0, 0.05) is 30.5 Å². The molecule has 0 radical (unpaired) electrons. The number of aliphatic hydroxyl groups is 1. The van der Waals surface area contributed by atoms with Crippen LogP contribution in [0.1, 0.15) is 49.8 Å². The fourth-order valence-corrected chi connectivity index (χ4v) is 7.46. The third-order valence-electron chi connectivity index (χ3n) is 9.67. The Hall–Kier alpha value is -3.89. The third kappa shape index (κ3) is 4.77. The van der Waals surface area contributed by atoms with Gasteiger partial charge < -0.3 is 34.6 Å². The van der Waals surface area contributed by atoms with Gasteiger partial charge >= 0.3 is 11.9 Å². The number of aromatic hydroxyl groups is 1. The molecule has 6 atom stereocenters. The number of esters is 2. The Kier molecular flexibility index (Phi) is 7.46. The molecule has 10 nitrogen and oxygen atoms in total. The summed E-state index contributed by atoms with van der Waals surface area (Å²) in [5.41, 5.74) is 0.802. The SMILES string of the molecule is C[C@H](OC(=O)CCNC(=O)[C@@H](C)Cc1ccccc1)C(=O)OC1=CC[C@@]2(O)[C@H]3Cc4ccc(O)c5c4[C@@]2(CCN3C)[C@H]1O5. The van der Waals surface area contributed by atoms with Crippen molar-refractivity contribution >= 4 is 17.8 Å². The summed E-state index contributed by atoms with van der Waals surface area (Å²) < 4.78 is 17.4. The zero-order valence-electron chi connectivity index (χ0n) is 24.7. The Balaban J connectivity index is 1.07. The molecular formula is C33H38N2O8. The number of hydrogen-bond donors (Lipinski definition) is 3. The van der Waals surface area contributed by atoms with Crippen molar-refractivity contribution < 1.29 is 38.8 Å². The predicted molar refractivity (Wildman–Crippen MR) is 155 cm³/mol. The van der Waals surface area contributed by atoms with Crippen LogP contribution < -0.4 is 10.1 Å². The molecule has 1 fully saturated rings. The molecule has 2 aromatic carbocycles. The molecule has 1 amide bonds. The number of carbonyl (C=O) groups is 3. The number of rotatable bonds is 9. The topological polar surface area (TPSA) is 135 Å². The molecule has 0 aromatic heterocycles. The zero-order chi connectivity index (χ0) is 30.5. The molecule has 2 aromatic rings. The van der Waals surface area contributed by atoms with Crippen molar-refractivity contribution in [2.24, 2.45) is 5.92 Å². The van der Waals surface area contributed by atoms with Crippen LogP contribution in [0, 0.1) is 5.92 Å². The van der Waals surface area contributed by atoms with Crippen LogP contribution in [0.3, 0.4) is 0 Å². The standard InChI is InChI=1S/C33H38N2O8/c1-19(17-21-7-5-4-6-8-21)30(38)34-15-12-26(37)41-20(2)31(39)42-24-11-13-33(40)25-18-22-9-10-23(36)28-27(22)32(33,29(24)43-28)14-16-35(25)3/h4-11,19-20,25,29,36,40H,12-18H2,1-3H3,(H,34,38)/t19-,20-,25+,29-,32-,33+/m0/s1. The fourth-order valence-electron chi connectivity index (χ4n) is 7.46. The summed E-state index contributed by atoms with van der Waals surface area (Å²) in [6.45, 7) is 4.05. The summed E-state index contributed by atoms with van der Waals surface area (Å²) >= 11 is 0. The molecule has 10 heteroatoms. The van der Waals surface area contributed by atoms with Gasteiger partial charge in [0.25, 0.3) is 0 Å². The van der Waals surface area contributed by atoms with Crippen LogP contribution in [0.4, 0.5) is 0 Å². The summed E-state index contributed by atoms with van der Waals surface area (Å²) in [4.78, 5) is 40.2. The molecule has 4 aliphatic rings. The van der Waals surface area contributed by atoms with Gasteiger partial charge in [-0.15, -0.1) is 0 Å². The van der Waals surface area contributed by atoms with Crippen LogP contribution in [-0.4, -0.2) is 76.9 Å². The van der Waals surface area contributed by atoms with Crippen molar-refractivity contribution in [1.29, 1.82) is 0 Å².